The van der Waals surface area contributed by atoms with Crippen LogP contribution in [0.25, 0.3) is 11.4 Å². The van der Waals surface area contributed by atoms with Gasteiger partial charge in [0.1, 0.15) is 11.5 Å². The predicted octanol–water partition coefficient (Wildman–Crippen LogP) is 4.51. The lowest BCUT2D eigenvalue weighted by Crippen LogP contribution is -2.14. The minimum absolute atomic E-state index is 0.0182. The largest absolute Gasteiger partial charge is 0.497 e. The van der Waals surface area contributed by atoms with E-state index in [2.05, 4.69) is 16.8 Å². The number of hydrogen-bond acceptors (Lipinski definition) is 6. The van der Waals surface area contributed by atoms with Gasteiger partial charge in [-0.2, -0.15) is 0 Å². The first-order valence-corrected chi connectivity index (χ1v) is 9.99. The molecule has 0 amide bonds. The number of ketones is 1. The van der Waals surface area contributed by atoms with Crippen LogP contribution in [0.4, 0.5) is 0 Å². The van der Waals surface area contributed by atoms with Crippen molar-refractivity contribution >= 4 is 17.5 Å². The minimum atomic E-state index is -0.332. The maximum atomic E-state index is 12.8. The number of carbonyl (C=O) groups is 1. The predicted molar refractivity (Wildman–Crippen MR) is 115 cm³/mol. The fraction of sp³-hybridized carbons (Fsp3) is 0.227. The Morgan fingerprint density at radius 3 is 2.52 bits per heavy atom. The molecule has 0 spiro atoms. The van der Waals surface area contributed by atoms with E-state index in [9.17, 15) is 4.79 Å². The molecule has 3 aromatic rings. The second kappa shape index (κ2) is 9.43. The zero-order valence-corrected chi connectivity index (χ0v) is 17.5. The fourth-order valence-corrected chi connectivity index (χ4v) is 3.84. The number of ether oxygens (including phenoxy) is 2. The SMILES string of the molecule is C=CCn1c(S[C@H](C)C(=O)c2ccc(OC)cc2)nnc1-c1ccccc1OC. The molecule has 3 rings (SSSR count). The number of Topliss-reactive ketones (excluding diaryl/α,β-unsaturated/α-hetero) is 1. The molecule has 0 aliphatic carbocycles. The third-order valence-electron chi connectivity index (χ3n) is 4.40. The van der Waals surface area contributed by atoms with Crippen molar-refractivity contribution in [3.05, 3.63) is 66.7 Å². The monoisotopic (exact) mass is 409 g/mol. The molecule has 0 radical (unpaired) electrons. The Kier molecular flexibility index (Phi) is 6.72. The highest BCUT2D eigenvalue weighted by molar-refractivity contribution is 8.00. The van der Waals surface area contributed by atoms with Crippen LogP contribution < -0.4 is 9.47 Å². The van der Waals surface area contributed by atoms with Crippen LogP contribution in [-0.4, -0.2) is 40.0 Å². The zero-order valence-electron chi connectivity index (χ0n) is 16.7. The summed E-state index contributed by atoms with van der Waals surface area (Å²) in [7, 11) is 3.22. The molecule has 0 aliphatic rings. The molecule has 0 saturated heterocycles. The maximum Gasteiger partial charge on any atom is 0.192 e. The van der Waals surface area contributed by atoms with Crippen molar-refractivity contribution in [2.45, 2.75) is 23.9 Å². The number of aromatic nitrogens is 3. The molecule has 0 aliphatic heterocycles. The van der Waals surface area contributed by atoms with E-state index in [0.717, 1.165) is 5.56 Å². The van der Waals surface area contributed by atoms with Gasteiger partial charge in [0, 0.05) is 12.1 Å². The molecule has 1 atom stereocenters. The molecule has 0 bridgehead atoms. The van der Waals surface area contributed by atoms with E-state index in [0.29, 0.717) is 34.6 Å². The van der Waals surface area contributed by atoms with Gasteiger partial charge in [0.25, 0.3) is 0 Å². The summed E-state index contributed by atoms with van der Waals surface area (Å²) in [6.07, 6.45) is 1.78. The van der Waals surface area contributed by atoms with E-state index in [1.165, 1.54) is 11.8 Å². The number of allylic oxidation sites excluding steroid dienone is 1. The van der Waals surface area contributed by atoms with E-state index in [1.807, 2.05) is 35.8 Å². The van der Waals surface area contributed by atoms with E-state index in [-0.39, 0.29) is 11.0 Å². The first kappa shape index (κ1) is 20.7. The van der Waals surface area contributed by atoms with Crippen molar-refractivity contribution in [3.8, 4) is 22.9 Å². The topological polar surface area (TPSA) is 66.2 Å². The lowest BCUT2D eigenvalue weighted by atomic mass is 10.1. The summed E-state index contributed by atoms with van der Waals surface area (Å²) >= 11 is 1.37. The van der Waals surface area contributed by atoms with Crippen molar-refractivity contribution in [1.82, 2.24) is 14.8 Å². The lowest BCUT2D eigenvalue weighted by Gasteiger charge is -2.13. The normalized spacial score (nSPS) is 11.7. The quantitative estimate of drug-likeness (QED) is 0.294. The summed E-state index contributed by atoms with van der Waals surface area (Å²) in [5.74, 6) is 2.12. The third kappa shape index (κ3) is 4.51. The van der Waals surface area contributed by atoms with Crippen LogP contribution in [0, 0.1) is 0 Å². The third-order valence-corrected chi connectivity index (χ3v) is 5.48. The standard InChI is InChI=1S/C22H23N3O3S/c1-5-14-25-21(18-8-6-7-9-19(18)28-4)23-24-22(25)29-15(2)20(26)16-10-12-17(27-3)13-11-16/h5-13,15H,1,14H2,2-4H3/t15-/m1/s1. The molecule has 1 aromatic heterocycles. The number of carbonyl (C=O) groups excluding carboxylic acids is 1. The number of para-hydroxylation sites is 1. The number of rotatable bonds is 9. The summed E-state index contributed by atoms with van der Waals surface area (Å²) in [5.41, 5.74) is 1.47. The highest BCUT2D eigenvalue weighted by Crippen LogP contribution is 2.32. The van der Waals surface area contributed by atoms with Crippen LogP contribution >= 0.6 is 11.8 Å². The number of methoxy groups -OCH3 is 2. The van der Waals surface area contributed by atoms with Crippen LogP contribution in [0.3, 0.4) is 0 Å². The van der Waals surface area contributed by atoms with Crippen molar-refractivity contribution in [3.63, 3.8) is 0 Å². The first-order valence-electron chi connectivity index (χ1n) is 9.11. The number of thioether (sulfide) groups is 1. The van der Waals surface area contributed by atoms with Crippen LogP contribution in [0.1, 0.15) is 17.3 Å². The van der Waals surface area contributed by atoms with E-state index in [4.69, 9.17) is 9.47 Å². The van der Waals surface area contributed by atoms with Crippen molar-refractivity contribution < 1.29 is 14.3 Å². The van der Waals surface area contributed by atoms with Gasteiger partial charge in [-0.15, -0.1) is 16.8 Å². The van der Waals surface area contributed by atoms with Crippen molar-refractivity contribution in [1.29, 1.82) is 0 Å². The van der Waals surface area contributed by atoms with Gasteiger partial charge in [0.05, 0.1) is 25.0 Å². The molecule has 0 saturated carbocycles. The average molecular weight is 410 g/mol. The minimum Gasteiger partial charge on any atom is -0.497 e. The molecule has 0 fully saturated rings. The molecular weight excluding hydrogens is 386 g/mol. The van der Waals surface area contributed by atoms with Gasteiger partial charge in [-0.3, -0.25) is 9.36 Å². The molecular formula is C22H23N3O3S. The maximum absolute atomic E-state index is 12.8. The van der Waals surface area contributed by atoms with Gasteiger partial charge in [-0.25, -0.2) is 0 Å². The molecule has 150 valence electrons. The summed E-state index contributed by atoms with van der Waals surface area (Å²) in [4.78, 5) is 12.8. The van der Waals surface area contributed by atoms with Crippen molar-refractivity contribution in [2.24, 2.45) is 0 Å². The smallest absolute Gasteiger partial charge is 0.192 e. The van der Waals surface area contributed by atoms with E-state index in [1.54, 1.807) is 44.6 Å². The van der Waals surface area contributed by atoms with Gasteiger partial charge in [-0.1, -0.05) is 30.0 Å². The summed E-state index contributed by atoms with van der Waals surface area (Å²) in [5, 5.41) is 9.01. The number of benzene rings is 2. The number of nitrogens with zero attached hydrogens (tertiary/aromatic N) is 3. The fourth-order valence-electron chi connectivity index (χ4n) is 2.90. The van der Waals surface area contributed by atoms with Gasteiger partial charge in [0.15, 0.2) is 16.8 Å². The second-order valence-electron chi connectivity index (χ2n) is 6.26. The van der Waals surface area contributed by atoms with Crippen LogP contribution in [0.5, 0.6) is 11.5 Å². The summed E-state index contributed by atoms with van der Waals surface area (Å²) in [6.45, 7) is 6.22. The molecule has 29 heavy (non-hydrogen) atoms. The van der Waals surface area contributed by atoms with Gasteiger partial charge >= 0.3 is 0 Å². The number of hydrogen-bond donors (Lipinski definition) is 0. The van der Waals surface area contributed by atoms with Crippen LogP contribution in [-0.2, 0) is 6.54 Å². The van der Waals surface area contributed by atoms with E-state index >= 15 is 0 Å². The van der Waals surface area contributed by atoms with Crippen molar-refractivity contribution in [2.75, 3.05) is 14.2 Å². The first-order chi connectivity index (χ1) is 14.1. The molecule has 1 heterocycles. The Balaban J connectivity index is 1.87. The average Bonchev–Trinajstić information content (AvgIpc) is 3.15. The lowest BCUT2D eigenvalue weighted by molar-refractivity contribution is 0.0994. The highest BCUT2D eigenvalue weighted by Gasteiger charge is 2.22. The van der Waals surface area contributed by atoms with Gasteiger partial charge < -0.3 is 9.47 Å². The highest BCUT2D eigenvalue weighted by atomic mass is 32.2. The Hall–Kier alpha value is -3.06. The van der Waals surface area contributed by atoms with Crippen LogP contribution in [0.15, 0.2) is 66.3 Å². The van der Waals surface area contributed by atoms with Gasteiger partial charge in [-0.05, 0) is 43.3 Å². The molecule has 0 N–H and O–H groups in total. The Labute approximate surface area is 174 Å². The molecule has 7 heteroatoms. The zero-order chi connectivity index (χ0) is 20.8. The molecule has 2 aromatic carbocycles. The van der Waals surface area contributed by atoms with Crippen LogP contribution in [0.2, 0.25) is 0 Å². The van der Waals surface area contributed by atoms with E-state index < -0.39 is 0 Å². The second-order valence-corrected chi connectivity index (χ2v) is 7.57. The molecule has 6 nitrogen and oxygen atoms in total. The Bertz CT molecular complexity index is 999. The summed E-state index contributed by atoms with van der Waals surface area (Å²) < 4.78 is 12.6. The molecule has 0 unspecified atom stereocenters. The van der Waals surface area contributed by atoms with Gasteiger partial charge in [0.2, 0.25) is 0 Å². The summed E-state index contributed by atoms with van der Waals surface area (Å²) in [6, 6.07) is 14.7. The Morgan fingerprint density at radius 1 is 1.14 bits per heavy atom. The Morgan fingerprint density at radius 2 is 1.86 bits per heavy atom.